The van der Waals surface area contributed by atoms with Crippen LogP contribution in [0.25, 0.3) is 17.2 Å². The number of aliphatic hydroxyl groups excluding tert-OH is 3. The number of carbonyl (C=O) groups excluding carboxylic acids is 1. The summed E-state index contributed by atoms with van der Waals surface area (Å²) in [5, 5.41) is 38.2. The second kappa shape index (κ2) is 11.0. The van der Waals surface area contributed by atoms with Gasteiger partial charge in [0.25, 0.3) is 0 Å². The van der Waals surface area contributed by atoms with Gasteiger partial charge in [-0.25, -0.2) is 9.97 Å². The number of aromatic nitrogens is 4. The Labute approximate surface area is 200 Å². The molecule has 1 fully saturated rings. The Morgan fingerprint density at radius 3 is 2.31 bits per heavy atom. The van der Waals surface area contributed by atoms with Crippen LogP contribution in [-0.2, 0) is 4.74 Å². The highest BCUT2D eigenvalue weighted by molar-refractivity contribution is 6.06. The minimum atomic E-state index is -1.23. The third-order valence-corrected chi connectivity index (χ3v) is 5.42. The van der Waals surface area contributed by atoms with Gasteiger partial charge in [-0.3, -0.25) is 9.36 Å². The standard InChI is InChI=1S/C15H12O.C10H12N4O5/c16-15(14-9-5-2-6-10-14)12-11-13-7-3-1-4-8-13;15-1-4-6(16)7(17)10(19-4)14-3-13-5-8(14)11-2-12-9(5)18/h1-12H;2-4,6-7,10,15-17H,1H2,(H,11,12,18)/t;4-,6-,7-,10-/m.1/s1. The maximum Gasteiger partial charge on any atom is 0.242 e. The van der Waals surface area contributed by atoms with Crippen molar-refractivity contribution in [1.29, 1.82) is 0 Å². The maximum absolute atomic E-state index is 11.7. The first-order valence-corrected chi connectivity index (χ1v) is 10.8. The lowest BCUT2D eigenvalue weighted by Gasteiger charge is -2.16. The third kappa shape index (κ3) is 5.42. The Balaban J connectivity index is 0.000000168. The van der Waals surface area contributed by atoms with Gasteiger partial charge in [0.2, 0.25) is 5.88 Å². The van der Waals surface area contributed by atoms with Crippen LogP contribution in [0.5, 0.6) is 5.88 Å². The monoisotopic (exact) mass is 476 g/mol. The van der Waals surface area contributed by atoms with E-state index in [4.69, 9.17) is 9.84 Å². The number of hydrogen-bond acceptors (Lipinski definition) is 9. The lowest BCUT2D eigenvalue weighted by Crippen LogP contribution is -2.33. The fourth-order valence-electron chi connectivity index (χ4n) is 3.57. The molecule has 10 heteroatoms. The second-order valence-electron chi connectivity index (χ2n) is 7.72. The van der Waals surface area contributed by atoms with E-state index in [0.29, 0.717) is 0 Å². The first kappa shape index (κ1) is 24.2. The molecule has 0 bridgehead atoms. The third-order valence-electron chi connectivity index (χ3n) is 5.42. The topological polar surface area (TPSA) is 151 Å². The van der Waals surface area contributed by atoms with Gasteiger partial charge in [0, 0.05) is 5.56 Å². The molecule has 4 atom stereocenters. The number of carbonyl (C=O) groups is 1. The molecule has 3 heterocycles. The van der Waals surface area contributed by atoms with Gasteiger partial charge in [0.05, 0.1) is 12.9 Å². The van der Waals surface area contributed by atoms with Crippen molar-refractivity contribution in [1.82, 2.24) is 19.5 Å². The molecule has 0 aliphatic carbocycles. The molecule has 1 saturated heterocycles. The van der Waals surface area contributed by atoms with E-state index in [1.54, 1.807) is 6.08 Å². The zero-order valence-electron chi connectivity index (χ0n) is 18.5. The zero-order valence-corrected chi connectivity index (χ0v) is 18.5. The molecule has 180 valence electrons. The summed E-state index contributed by atoms with van der Waals surface area (Å²) in [5.41, 5.74) is 2.18. The molecule has 5 rings (SSSR count). The summed E-state index contributed by atoms with van der Waals surface area (Å²) in [6, 6.07) is 19.1. The summed E-state index contributed by atoms with van der Waals surface area (Å²) in [4.78, 5) is 23.2. The summed E-state index contributed by atoms with van der Waals surface area (Å²) >= 11 is 0. The molecule has 2 aromatic carbocycles. The molecule has 2 aromatic heterocycles. The van der Waals surface area contributed by atoms with Gasteiger partial charge in [-0.15, -0.1) is 0 Å². The van der Waals surface area contributed by atoms with Crippen LogP contribution >= 0.6 is 0 Å². The minimum Gasteiger partial charge on any atom is -0.492 e. The summed E-state index contributed by atoms with van der Waals surface area (Å²) in [6.45, 7) is -0.415. The molecule has 0 radical (unpaired) electrons. The van der Waals surface area contributed by atoms with Crippen molar-refractivity contribution in [3.05, 3.63) is 90.5 Å². The smallest absolute Gasteiger partial charge is 0.242 e. The second-order valence-corrected chi connectivity index (χ2v) is 7.72. The van der Waals surface area contributed by atoms with Crippen molar-refractivity contribution >= 4 is 23.0 Å². The molecule has 4 aromatic rings. The molecule has 1 aliphatic heterocycles. The Morgan fingerprint density at radius 2 is 1.66 bits per heavy atom. The van der Waals surface area contributed by atoms with Crippen molar-refractivity contribution in [2.24, 2.45) is 0 Å². The number of benzene rings is 2. The average Bonchev–Trinajstić information content (AvgIpc) is 3.45. The Morgan fingerprint density at radius 1 is 0.971 bits per heavy atom. The average molecular weight is 476 g/mol. The van der Waals surface area contributed by atoms with Crippen LogP contribution in [0.15, 0.2) is 79.4 Å². The summed E-state index contributed by atoms with van der Waals surface area (Å²) in [7, 11) is 0. The molecule has 0 amide bonds. The predicted octanol–water partition coefficient (Wildman–Crippen LogP) is 1.73. The van der Waals surface area contributed by atoms with E-state index in [1.165, 1.54) is 10.9 Å². The number of fused-ring (bicyclic) bond motifs is 1. The number of allylic oxidation sites excluding steroid dienone is 1. The number of aliphatic hydroxyl groups is 3. The summed E-state index contributed by atoms with van der Waals surface area (Å²) in [6.07, 6.45) is 1.64. The largest absolute Gasteiger partial charge is 0.492 e. The first-order chi connectivity index (χ1) is 17.0. The van der Waals surface area contributed by atoms with E-state index in [0.717, 1.165) is 17.5 Å². The molecule has 0 saturated carbocycles. The molecule has 10 nitrogen and oxygen atoms in total. The van der Waals surface area contributed by atoms with E-state index in [-0.39, 0.29) is 22.8 Å². The molecule has 1 aliphatic rings. The van der Waals surface area contributed by atoms with E-state index >= 15 is 0 Å². The molecule has 35 heavy (non-hydrogen) atoms. The van der Waals surface area contributed by atoms with E-state index in [1.807, 2.05) is 66.7 Å². The first-order valence-electron chi connectivity index (χ1n) is 10.8. The molecular formula is C25H24N4O6. The highest BCUT2D eigenvalue weighted by atomic mass is 16.6. The normalized spacial score (nSPS) is 21.7. The van der Waals surface area contributed by atoms with E-state index < -0.39 is 31.1 Å². The van der Waals surface area contributed by atoms with Gasteiger partial charge in [0.15, 0.2) is 23.2 Å². The van der Waals surface area contributed by atoms with Crippen LogP contribution < -0.4 is 0 Å². The van der Waals surface area contributed by atoms with Gasteiger partial charge >= 0.3 is 0 Å². The van der Waals surface area contributed by atoms with Crippen LogP contribution in [0.2, 0.25) is 0 Å². The van der Waals surface area contributed by atoms with Crippen LogP contribution in [0.3, 0.4) is 0 Å². The number of nitrogens with zero attached hydrogens (tertiary/aromatic N) is 4. The number of rotatable bonds is 5. The number of hydrogen-bond donors (Lipinski definition) is 4. The number of ketones is 1. The van der Waals surface area contributed by atoms with Crippen molar-refractivity contribution in [2.45, 2.75) is 24.5 Å². The number of aromatic hydroxyl groups is 1. The highest BCUT2D eigenvalue weighted by Gasteiger charge is 2.44. The minimum absolute atomic E-state index is 0.0319. The molecule has 4 N–H and O–H groups in total. The SMILES string of the molecule is O=C(C=Cc1ccccc1)c1ccccc1.OC[C@H]1O[C@@H](n2cnc3c(O)ncnc32)[C@H](O)[C@@H]1O. The lowest BCUT2D eigenvalue weighted by atomic mass is 10.1. The van der Waals surface area contributed by atoms with Crippen molar-refractivity contribution in [3.63, 3.8) is 0 Å². The predicted molar refractivity (Wildman–Crippen MR) is 126 cm³/mol. The molecule has 0 spiro atoms. The van der Waals surface area contributed by atoms with Crippen LogP contribution in [0, 0.1) is 0 Å². The number of ether oxygens (including phenoxy) is 1. The molecular weight excluding hydrogens is 452 g/mol. The van der Waals surface area contributed by atoms with E-state index in [2.05, 4.69) is 15.0 Å². The van der Waals surface area contributed by atoms with Crippen molar-refractivity contribution in [2.75, 3.05) is 6.61 Å². The van der Waals surface area contributed by atoms with Crippen LogP contribution in [0.1, 0.15) is 22.1 Å². The van der Waals surface area contributed by atoms with Gasteiger partial charge in [0.1, 0.15) is 24.6 Å². The van der Waals surface area contributed by atoms with E-state index in [9.17, 15) is 20.1 Å². The fourth-order valence-corrected chi connectivity index (χ4v) is 3.57. The zero-order chi connectivity index (χ0) is 24.8. The van der Waals surface area contributed by atoms with Crippen LogP contribution in [-0.4, -0.2) is 70.6 Å². The van der Waals surface area contributed by atoms with Gasteiger partial charge in [-0.05, 0) is 11.6 Å². The van der Waals surface area contributed by atoms with Crippen molar-refractivity contribution < 1.29 is 30.0 Å². The van der Waals surface area contributed by atoms with Crippen LogP contribution in [0.4, 0.5) is 0 Å². The van der Waals surface area contributed by atoms with Gasteiger partial charge in [-0.1, -0.05) is 66.7 Å². The Bertz CT molecular complexity index is 1300. The Kier molecular flexibility index (Phi) is 7.58. The number of imidazole rings is 1. The Hall–Kier alpha value is -3.96. The summed E-state index contributed by atoms with van der Waals surface area (Å²) < 4.78 is 6.73. The lowest BCUT2D eigenvalue weighted by molar-refractivity contribution is -0.0511. The van der Waals surface area contributed by atoms with Gasteiger partial charge in [-0.2, -0.15) is 4.98 Å². The van der Waals surface area contributed by atoms with Gasteiger partial charge < -0.3 is 25.2 Å². The molecule has 0 unspecified atom stereocenters. The quantitative estimate of drug-likeness (QED) is 0.249. The highest BCUT2D eigenvalue weighted by Crippen LogP contribution is 2.32. The fraction of sp³-hybridized carbons (Fsp3) is 0.200. The summed E-state index contributed by atoms with van der Waals surface area (Å²) in [5.74, 6) is -0.250. The maximum atomic E-state index is 11.7. The van der Waals surface area contributed by atoms with Crippen molar-refractivity contribution in [3.8, 4) is 5.88 Å².